The summed E-state index contributed by atoms with van der Waals surface area (Å²) in [7, 11) is 2.10. The van der Waals surface area contributed by atoms with Crippen molar-refractivity contribution in [1.29, 1.82) is 0 Å². The maximum absolute atomic E-state index is 12.9. The average Bonchev–Trinajstić information content (AvgIpc) is 2.28. The molecule has 0 unspecified atom stereocenters. The summed E-state index contributed by atoms with van der Waals surface area (Å²) in [6.45, 7) is 1.94. The van der Waals surface area contributed by atoms with Crippen molar-refractivity contribution in [2.45, 2.75) is 25.8 Å². The largest absolute Gasteiger partial charge is 0.302 e. The minimum absolute atomic E-state index is 0.194. The minimum Gasteiger partial charge on any atom is -0.302 e. The Balaban J connectivity index is 2.37. The van der Waals surface area contributed by atoms with Gasteiger partial charge in [-0.15, -0.1) is 0 Å². The molecule has 96 valence electrons. The van der Waals surface area contributed by atoms with Crippen molar-refractivity contribution in [1.82, 2.24) is 4.90 Å². The van der Waals surface area contributed by atoms with Gasteiger partial charge in [0.2, 0.25) is 0 Å². The molecule has 0 amide bonds. The highest BCUT2D eigenvalue weighted by molar-refractivity contribution is 9.10. The molecule has 0 spiro atoms. The number of nitrogens with zero attached hydrogens (tertiary/aromatic N) is 1. The summed E-state index contributed by atoms with van der Waals surface area (Å²) in [6, 6.07) is 4.88. The van der Waals surface area contributed by atoms with Crippen LogP contribution >= 0.6 is 31.9 Å². The Labute approximate surface area is 120 Å². The van der Waals surface area contributed by atoms with Gasteiger partial charge in [0.25, 0.3) is 0 Å². The molecule has 0 bridgehead atoms. The molecule has 17 heavy (non-hydrogen) atoms. The van der Waals surface area contributed by atoms with Gasteiger partial charge in [-0.05, 0) is 44.1 Å². The van der Waals surface area contributed by atoms with Gasteiger partial charge in [0.15, 0.2) is 0 Å². The number of hydrogen-bond donors (Lipinski definition) is 0. The molecule has 0 atom stereocenters. The molecule has 0 fully saturated rings. The van der Waals surface area contributed by atoms with Crippen molar-refractivity contribution < 1.29 is 4.39 Å². The van der Waals surface area contributed by atoms with E-state index in [0.717, 1.165) is 28.5 Å². The second-order valence-electron chi connectivity index (χ2n) is 4.22. The van der Waals surface area contributed by atoms with Crippen molar-refractivity contribution in [3.05, 3.63) is 34.1 Å². The van der Waals surface area contributed by atoms with Crippen LogP contribution in [0.1, 0.15) is 24.8 Å². The smallest absolute Gasteiger partial charge is 0.124 e. The first-order chi connectivity index (χ1) is 8.13. The van der Waals surface area contributed by atoms with E-state index in [-0.39, 0.29) is 5.82 Å². The lowest BCUT2D eigenvalue weighted by molar-refractivity contribution is 0.317. The summed E-state index contributed by atoms with van der Waals surface area (Å²) < 4.78 is 13.8. The first-order valence-corrected chi connectivity index (χ1v) is 7.73. The molecule has 0 aromatic heterocycles. The van der Waals surface area contributed by atoms with E-state index >= 15 is 0 Å². The Hall–Kier alpha value is 0.0700. The Morgan fingerprint density at radius 1 is 1.24 bits per heavy atom. The molecule has 1 rings (SSSR count). The highest BCUT2D eigenvalue weighted by Gasteiger charge is 2.05. The number of alkyl halides is 1. The van der Waals surface area contributed by atoms with Crippen LogP contribution in [-0.4, -0.2) is 23.8 Å². The predicted molar refractivity (Wildman–Crippen MR) is 78.1 cm³/mol. The van der Waals surface area contributed by atoms with E-state index in [2.05, 4.69) is 43.8 Å². The Kier molecular flexibility index (Phi) is 7.32. The zero-order chi connectivity index (χ0) is 12.7. The zero-order valence-corrected chi connectivity index (χ0v) is 13.2. The van der Waals surface area contributed by atoms with Gasteiger partial charge in [-0.25, -0.2) is 4.39 Å². The Bertz CT molecular complexity index is 344. The van der Waals surface area contributed by atoms with Gasteiger partial charge in [-0.3, -0.25) is 0 Å². The van der Waals surface area contributed by atoms with Crippen molar-refractivity contribution in [2.24, 2.45) is 0 Å². The summed E-state index contributed by atoms with van der Waals surface area (Å²) in [4.78, 5) is 2.27. The summed E-state index contributed by atoms with van der Waals surface area (Å²) in [5.41, 5.74) is 1.13. The normalized spacial score (nSPS) is 11.1. The topological polar surface area (TPSA) is 3.24 Å². The van der Waals surface area contributed by atoms with E-state index in [4.69, 9.17) is 0 Å². The molecule has 0 heterocycles. The van der Waals surface area contributed by atoms with Crippen molar-refractivity contribution in [3.8, 4) is 0 Å². The SMILES string of the molecule is CN(CCCCCBr)Cc1ccc(F)cc1Br. The summed E-state index contributed by atoms with van der Waals surface area (Å²) in [5, 5.41) is 1.08. The van der Waals surface area contributed by atoms with E-state index in [1.807, 2.05) is 6.07 Å². The zero-order valence-electron chi connectivity index (χ0n) is 10.1. The minimum atomic E-state index is -0.194. The van der Waals surface area contributed by atoms with E-state index in [9.17, 15) is 4.39 Å². The molecule has 0 saturated carbocycles. The molecule has 0 aliphatic heterocycles. The maximum Gasteiger partial charge on any atom is 0.124 e. The van der Waals surface area contributed by atoms with Gasteiger partial charge in [0.1, 0.15) is 5.82 Å². The number of halogens is 3. The van der Waals surface area contributed by atoms with Gasteiger partial charge >= 0.3 is 0 Å². The quantitative estimate of drug-likeness (QED) is 0.504. The summed E-state index contributed by atoms with van der Waals surface area (Å²) >= 11 is 6.83. The molecule has 1 nitrogen and oxygen atoms in total. The molecular formula is C13H18Br2FN. The number of hydrogen-bond acceptors (Lipinski definition) is 1. The van der Waals surface area contributed by atoms with E-state index in [1.165, 1.54) is 31.4 Å². The molecule has 0 N–H and O–H groups in total. The lowest BCUT2D eigenvalue weighted by Crippen LogP contribution is -2.19. The van der Waals surface area contributed by atoms with Gasteiger partial charge in [0.05, 0.1) is 0 Å². The number of rotatable bonds is 7. The highest BCUT2D eigenvalue weighted by atomic mass is 79.9. The molecule has 1 aromatic carbocycles. The van der Waals surface area contributed by atoms with Crippen LogP contribution in [0, 0.1) is 5.82 Å². The van der Waals surface area contributed by atoms with Crippen molar-refractivity contribution in [3.63, 3.8) is 0 Å². The second-order valence-corrected chi connectivity index (χ2v) is 5.87. The van der Waals surface area contributed by atoms with Crippen molar-refractivity contribution in [2.75, 3.05) is 18.9 Å². The van der Waals surface area contributed by atoms with Gasteiger partial charge in [0, 0.05) is 16.3 Å². The third kappa shape index (κ3) is 5.98. The van der Waals surface area contributed by atoms with E-state index in [0.29, 0.717) is 0 Å². The lowest BCUT2D eigenvalue weighted by Gasteiger charge is -2.17. The lowest BCUT2D eigenvalue weighted by atomic mass is 10.2. The summed E-state index contributed by atoms with van der Waals surface area (Å²) in [5.74, 6) is -0.194. The van der Waals surface area contributed by atoms with Gasteiger partial charge in [-0.1, -0.05) is 44.3 Å². The van der Waals surface area contributed by atoms with Crippen LogP contribution in [0.4, 0.5) is 4.39 Å². The fourth-order valence-electron chi connectivity index (χ4n) is 1.67. The predicted octanol–water partition coefficient (Wildman–Crippen LogP) is 4.59. The van der Waals surface area contributed by atoms with Crippen LogP contribution in [0.3, 0.4) is 0 Å². The molecule has 0 radical (unpaired) electrons. The second kappa shape index (κ2) is 8.22. The fourth-order valence-corrected chi connectivity index (χ4v) is 2.55. The Morgan fingerprint density at radius 2 is 2.00 bits per heavy atom. The standard InChI is InChI=1S/C13H18Br2FN/c1-17(8-4-2-3-7-14)10-11-5-6-12(16)9-13(11)15/h5-6,9H,2-4,7-8,10H2,1H3. The van der Waals surface area contributed by atoms with Crippen LogP contribution < -0.4 is 0 Å². The van der Waals surface area contributed by atoms with E-state index < -0.39 is 0 Å². The van der Waals surface area contributed by atoms with Crippen LogP contribution in [0.2, 0.25) is 0 Å². The molecule has 4 heteroatoms. The van der Waals surface area contributed by atoms with E-state index in [1.54, 1.807) is 0 Å². The van der Waals surface area contributed by atoms with Crippen LogP contribution in [-0.2, 0) is 6.54 Å². The molecule has 0 aliphatic rings. The highest BCUT2D eigenvalue weighted by Crippen LogP contribution is 2.19. The first-order valence-electron chi connectivity index (χ1n) is 5.82. The average molecular weight is 367 g/mol. The van der Waals surface area contributed by atoms with Crippen LogP contribution in [0.25, 0.3) is 0 Å². The molecule has 1 aromatic rings. The molecule has 0 aliphatic carbocycles. The maximum atomic E-state index is 12.9. The number of benzene rings is 1. The van der Waals surface area contributed by atoms with Gasteiger partial charge in [-0.2, -0.15) is 0 Å². The third-order valence-corrected chi connectivity index (χ3v) is 3.93. The van der Waals surface area contributed by atoms with Crippen LogP contribution in [0.15, 0.2) is 22.7 Å². The van der Waals surface area contributed by atoms with Crippen LogP contribution in [0.5, 0.6) is 0 Å². The molecule has 0 saturated heterocycles. The van der Waals surface area contributed by atoms with Gasteiger partial charge < -0.3 is 4.90 Å². The monoisotopic (exact) mass is 365 g/mol. The third-order valence-electron chi connectivity index (χ3n) is 2.63. The molecular weight excluding hydrogens is 349 g/mol. The summed E-state index contributed by atoms with van der Waals surface area (Å²) in [6.07, 6.45) is 3.69. The Morgan fingerprint density at radius 3 is 2.65 bits per heavy atom. The number of unbranched alkanes of at least 4 members (excludes halogenated alkanes) is 2. The fraction of sp³-hybridized carbons (Fsp3) is 0.538. The first kappa shape index (κ1) is 15.1. The van der Waals surface area contributed by atoms with Crippen molar-refractivity contribution >= 4 is 31.9 Å².